The lowest BCUT2D eigenvalue weighted by molar-refractivity contribution is -0.0979. The Morgan fingerprint density at radius 1 is 1.21 bits per heavy atom. The van der Waals surface area contributed by atoms with E-state index in [0.29, 0.717) is 11.7 Å². The van der Waals surface area contributed by atoms with Crippen molar-refractivity contribution in [1.29, 1.82) is 5.26 Å². The predicted molar refractivity (Wildman–Crippen MR) is 109 cm³/mol. The minimum atomic E-state index is 0.321. The Kier molecular flexibility index (Phi) is 6.66. The topological polar surface area (TPSA) is 96.9 Å². The number of rotatable bonds is 4. The zero-order valence-electron chi connectivity index (χ0n) is 16.2. The highest BCUT2D eigenvalue weighted by Crippen LogP contribution is 2.28. The van der Waals surface area contributed by atoms with Crippen molar-refractivity contribution in [3.63, 3.8) is 0 Å². The van der Waals surface area contributed by atoms with Crippen LogP contribution in [0.1, 0.15) is 18.4 Å². The number of aromatic nitrogens is 4. The van der Waals surface area contributed by atoms with Gasteiger partial charge < -0.3 is 14.4 Å². The third-order valence-corrected chi connectivity index (χ3v) is 4.84. The summed E-state index contributed by atoms with van der Waals surface area (Å²) in [6.07, 6.45) is 7.40. The molecule has 0 aromatic carbocycles. The van der Waals surface area contributed by atoms with Gasteiger partial charge in [0.25, 0.3) is 0 Å². The maximum Gasteiger partial charge on any atom is 0.151 e. The number of nitriles is 1. The van der Waals surface area contributed by atoms with Gasteiger partial charge in [0.15, 0.2) is 5.82 Å². The van der Waals surface area contributed by atoms with Crippen LogP contribution in [0.5, 0.6) is 0 Å². The Morgan fingerprint density at radius 2 is 2.00 bits per heavy atom. The molecule has 29 heavy (non-hydrogen) atoms. The lowest BCUT2D eigenvalue weighted by atomic mass is 10.1. The van der Waals surface area contributed by atoms with Crippen LogP contribution in [-0.4, -0.2) is 52.8 Å². The summed E-state index contributed by atoms with van der Waals surface area (Å²) in [5.74, 6) is 0.912. The monoisotopic (exact) mass is 390 g/mol. The lowest BCUT2D eigenvalue weighted by Crippen LogP contribution is -2.36. The molecule has 3 aromatic heterocycles. The largest absolute Gasteiger partial charge is 0.381 e. The van der Waals surface area contributed by atoms with Crippen molar-refractivity contribution >= 4 is 12.6 Å². The fourth-order valence-electron chi connectivity index (χ4n) is 3.31. The summed E-state index contributed by atoms with van der Waals surface area (Å²) >= 11 is 0. The van der Waals surface area contributed by atoms with Gasteiger partial charge in [0.2, 0.25) is 0 Å². The number of ether oxygens (including phenoxy) is 1. The average Bonchev–Trinajstić information content (AvgIpc) is 3.26. The molecule has 0 radical (unpaired) electrons. The zero-order chi connectivity index (χ0) is 20.6. The highest BCUT2D eigenvalue weighted by molar-refractivity contribution is 5.63. The van der Waals surface area contributed by atoms with Crippen LogP contribution in [-0.2, 0) is 9.53 Å². The highest BCUT2D eigenvalue weighted by atomic mass is 16.5. The summed E-state index contributed by atoms with van der Waals surface area (Å²) in [7, 11) is 1.77. The highest BCUT2D eigenvalue weighted by Gasteiger charge is 2.22. The normalized spacial score (nSPS) is 14.0. The van der Waals surface area contributed by atoms with Crippen molar-refractivity contribution in [2.45, 2.75) is 18.9 Å². The number of anilines is 1. The quantitative estimate of drug-likeness (QED) is 0.675. The molecule has 1 aliphatic rings. The molecule has 8 nitrogen and oxygen atoms in total. The van der Waals surface area contributed by atoms with Crippen molar-refractivity contribution < 1.29 is 9.53 Å². The second-order valence-corrected chi connectivity index (χ2v) is 6.48. The minimum absolute atomic E-state index is 0.321. The molecule has 1 aliphatic heterocycles. The molecule has 4 heterocycles. The van der Waals surface area contributed by atoms with Crippen LogP contribution >= 0.6 is 0 Å². The Morgan fingerprint density at radius 3 is 2.59 bits per heavy atom. The predicted octanol–water partition coefficient (Wildman–Crippen LogP) is 2.63. The molecule has 148 valence electrons. The Balaban J connectivity index is 0.00000117. The van der Waals surface area contributed by atoms with Gasteiger partial charge in [-0.2, -0.15) is 5.26 Å². The number of methoxy groups -OCH3 is 1. The maximum atomic E-state index is 9.01. The first-order valence-electron chi connectivity index (χ1n) is 9.22. The molecule has 0 unspecified atom stereocenters. The van der Waals surface area contributed by atoms with E-state index in [1.54, 1.807) is 31.8 Å². The molecule has 3 aromatic rings. The lowest BCUT2D eigenvalue weighted by Gasteiger charge is -2.31. The van der Waals surface area contributed by atoms with E-state index in [2.05, 4.69) is 27.0 Å². The van der Waals surface area contributed by atoms with Crippen molar-refractivity contribution in [3.05, 3.63) is 54.5 Å². The molecule has 0 saturated carbocycles. The van der Waals surface area contributed by atoms with Gasteiger partial charge in [-0.15, -0.1) is 5.10 Å². The third kappa shape index (κ3) is 4.47. The van der Waals surface area contributed by atoms with Crippen LogP contribution in [0.25, 0.3) is 17.1 Å². The number of nitrogens with zero attached hydrogens (tertiary/aromatic N) is 6. The van der Waals surface area contributed by atoms with Gasteiger partial charge in [-0.25, -0.2) is 4.68 Å². The fourth-order valence-corrected chi connectivity index (χ4v) is 3.31. The van der Waals surface area contributed by atoms with E-state index in [1.807, 2.05) is 29.7 Å². The number of hydrogen-bond donors (Lipinski definition) is 0. The number of carbonyl (C=O) groups is 1. The first-order chi connectivity index (χ1) is 14.3. The van der Waals surface area contributed by atoms with Gasteiger partial charge in [-0.1, -0.05) is 0 Å². The van der Waals surface area contributed by atoms with E-state index in [4.69, 9.17) is 19.9 Å². The molecule has 0 aliphatic carbocycles. The summed E-state index contributed by atoms with van der Waals surface area (Å²) in [5, 5.41) is 13.8. The van der Waals surface area contributed by atoms with Crippen LogP contribution in [0.4, 0.5) is 5.82 Å². The number of carbonyl (C=O) groups excluding carboxylic acids is 1. The van der Waals surface area contributed by atoms with Crippen molar-refractivity contribution in [3.8, 4) is 23.1 Å². The standard InChI is InChI=1S/C20H20N6O.CH2O/c1-27-17-6-9-25(10-7-17)20-11-19(18-5-4-15(12-21)13-23-18)26(24-20)16-3-2-8-22-14-16;1-2/h2-5,8,11,13-14,17H,6-7,9-10H2,1H3;1H2. The van der Waals surface area contributed by atoms with Crippen LogP contribution in [0.15, 0.2) is 48.9 Å². The van der Waals surface area contributed by atoms with E-state index < -0.39 is 0 Å². The van der Waals surface area contributed by atoms with Crippen molar-refractivity contribution in [2.75, 3.05) is 25.1 Å². The molecule has 0 N–H and O–H groups in total. The molecule has 0 bridgehead atoms. The molecular formula is C21H22N6O2. The summed E-state index contributed by atoms with van der Waals surface area (Å²) < 4.78 is 7.33. The minimum Gasteiger partial charge on any atom is -0.381 e. The Labute approximate surface area is 169 Å². The second-order valence-electron chi connectivity index (χ2n) is 6.48. The number of pyridine rings is 2. The zero-order valence-corrected chi connectivity index (χ0v) is 16.2. The average molecular weight is 390 g/mol. The molecule has 1 saturated heterocycles. The first kappa shape index (κ1) is 20.2. The smallest absolute Gasteiger partial charge is 0.151 e. The van der Waals surface area contributed by atoms with Gasteiger partial charge in [0, 0.05) is 38.7 Å². The van der Waals surface area contributed by atoms with E-state index >= 15 is 0 Å². The fraction of sp³-hybridized carbons (Fsp3) is 0.286. The number of piperidine rings is 1. The van der Waals surface area contributed by atoms with E-state index in [1.165, 1.54) is 0 Å². The number of hydrogen-bond acceptors (Lipinski definition) is 7. The van der Waals surface area contributed by atoms with E-state index in [-0.39, 0.29) is 0 Å². The van der Waals surface area contributed by atoms with Crippen molar-refractivity contribution in [1.82, 2.24) is 19.7 Å². The van der Waals surface area contributed by atoms with Crippen LogP contribution in [0, 0.1) is 11.3 Å². The third-order valence-electron chi connectivity index (χ3n) is 4.84. The van der Waals surface area contributed by atoms with E-state index in [0.717, 1.165) is 48.8 Å². The molecular weight excluding hydrogens is 368 g/mol. The molecule has 1 fully saturated rings. The molecule has 0 atom stereocenters. The summed E-state index contributed by atoms with van der Waals surface area (Å²) in [6.45, 7) is 3.81. The molecule has 4 rings (SSSR count). The second kappa shape index (κ2) is 9.57. The van der Waals surface area contributed by atoms with Crippen LogP contribution in [0.3, 0.4) is 0 Å². The first-order valence-corrected chi connectivity index (χ1v) is 9.22. The van der Waals surface area contributed by atoms with Gasteiger partial charge in [-0.3, -0.25) is 9.97 Å². The Bertz CT molecular complexity index is 957. The summed E-state index contributed by atoms with van der Waals surface area (Å²) in [6, 6.07) is 11.6. The molecule has 0 amide bonds. The van der Waals surface area contributed by atoms with Crippen molar-refractivity contribution in [2.24, 2.45) is 0 Å². The summed E-state index contributed by atoms with van der Waals surface area (Å²) in [4.78, 5) is 18.9. The van der Waals surface area contributed by atoms with Gasteiger partial charge >= 0.3 is 0 Å². The molecule has 0 spiro atoms. The summed E-state index contributed by atoms with van der Waals surface area (Å²) in [5.41, 5.74) is 3.05. The van der Waals surface area contributed by atoms with Gasteiger partial charge in [-0.05, 0) is 37.1 Å². The van der Waals surface area contributed by atoms with E-state index in [9.17, 15) is 0 Å². The Hall–Kier alpha value is -3.57. The molecule has 8 heteroatoms. The SMILES string of the molecule is C=O.COC1CCN(c2cc(-c3ccc(C#N)cn3)n(-c3cccnc3)n2)CC1. The van der Waals surface area contributed by atoms with Crippen LogP contribution in [0.2, 0.25) is 0 Å². The van der Waals surface area contributed by atoms with Gasteiger partial charge in [0.1, 0.15) is 12.9 Å². The van der Waals surface area contributed by atoms with Crippen LogP contribution < -0.4 is 4.90 Å². The maximum absolute atomic E-state index is 9.01. The van der Waals surface area contributed by atoms with Gasteiger partial charge in [0.05, 0.1) is 34.9 Å².